The molecule has 4 heteroatoms. The van der Waals surface area contributed by atoms with Crippen LogP contribution in [0.15, 0.2) is 18.2 Å². The molecule has 3 nitrogen and oxygen atoms in total. The fraction of sp³-hybridized carbons (Fsp3) is 0.571. The van der Waals surface area contributed by atoms with Crippen molar-refractivity contribution in [3.8, 4) is 5.75 Å². The predicted molar refractivity (Wildman–Crippen MR) is 68.2 cm³/mol. The molecule has 100 valence electrons. The number of hydrogen-bond donors (Lipinski definition) is 1. The van der Waals surface area contributed by atoms with Gasteiger partial charge < -0.3 is 15.2 Å². The van der Waals surface area contributed by atoms with Gasteiger partial charge in [-0.3, -0.25) is 0 Å². The lowest BCUT2D eigenvalue weighted by Gasteiger charge is -2.12. The van der Waals surface area contributed by atoms with Crippen LogP contribution < -0.4 is 10.5 Å². The SMILES string of the molecule is CC(N)Cc1cc(F)cc(OCC2CCOC2)c1. The van der Waals surface area contributed by atoms with Crippen LogP contribution in [0.25, 0.3) is 0 Å². The molecule has 2 unspecified atom stereocenters. The van der Waals surface area contributed by atoms with Gasteiger partial charge in [0.25, 0.3) is 0 Å². The average molecular weight is 253 g/mol. The third-order valence-corrected chi connectivity index (χ3v) is 3.00. The first-order valence-corrected chi connectivity index (χ1v) is 6.39. The highest BCUT2D eigenvalue weighted by Gasteiger charge is 2.16. The number of ether oxygens (including phenoxy) is 2. The van der Waals surface area contributed by atoms with Gasteiger partial charge in [0.2, 0.25) is 0 Å². The van der Waals surface area contributed by atoms with Crippen LogP contribution >= 0.6 is 0 Å². The molecule has 2 atom stereocenters. The van der Waals surface area contributed by atoms with Gasteiger partial charge in [-0.25, -0.2) is 4.39 Å². The van der Waals surface area contributed by atoms with Crippen LogP contribution in [0, 0.1) is 11.7 Å². The molecule has 1 heterocycles. The minimum atomic E-state index is -0.272. The third-order valence-electron chi connectivity index (χ3n) is 3.00. The summed E-state index contributed by atoms with van der Waals surface area (Å²) in [5, 5.41) is 0. The molecule has 1 aromatic carbocycles. The van der Waals surface area contributed by atoms with Gasteiger partial charge in [-0.15, -0.1) is 0 Å². The van der Waals surface area contributed by atoms with Crippen molar-refractivity contribution in [2.75, 3.05) is 19.8 Å². The normalized spacial score (nSPS) is 20.9. The summed E-state index contributed by atoms with van der Waals surface area (Å²) in [6.07, 6.45) is 1.67. The van der Waals surface area contributed by atoms with Gasteiger partial charge in [-0.1, -0.05) is 0 Å². The summed E-state index contributed by atoms with van der Waals surface area (Å²) < 4.78 is 24.3. The van der Waals surface area contributed by atoms with E-state index in [0.717, 1.165) is 25.2 Å². The second-order valence-corrected chi connectivity index (χ2v) is 5.02. The van der Waals surface area contributed by atoms with E-state index < -0.39 is 0 Å². The molecule has 1 fully saturated rings. The number of rotatable bonds is 5. The van der Waals surface area contributed by atoms with E-state index in [0.29, 0.717) is 24.7 Å². The van der Waals surface area contributed by atoms with Crippen molar-refractivity contribution in [3.63, 3.8) is 0 Å². The van der Waals surface area contributed by atoms with E-state index >= 15 is 0 Å². The Morgan fingerprint density at radius 2 is 2.33 bits per heavy atom. The first-order valence-electron chi connectivity index (χ1n) is 6.39. The van der Waals surface area contributed by atoms with Gasteiger partial charge in [0.15, 0.2) is 0 Å². The summed E-state index contributed by atoms with van der Waals surface area (Å²) >= 11 is 0. The Hall–Kier alpha value is -1.13. The molecule has 0 spiro atoms. The van der Waals surface area contributed by atoms with Crippen LogP contribution in [0.5, 0.6) is 5.75 Å². The molecule has 0 amide bonds. The molecule has 0 aromatic heterocycles. The van der Waals surface area contributed by atoms with Crippen molar-refractivity contribution in [1.29, 1.82) is 0 Å². The van der Waals surface area contributed by atoms with Crippen molar-refractivity contribution in [3.05, 3.63) is 29.6 Å². The Labute approximate surface area is 107 Å². The quantitative estimate of drug-likeness (QED) is 0.874. The number of hydrogen-bond acceptors (Lipinski definition) is 3. The highest BCUT2D eigenvalue weighted by molar-refractivity contribution is 5.30. The second-order valence-electron chi connectivity index (χ2n) is 5.02. The van der Waals surface area contributed by atoms with Crippen LogP contribution in [-0.4, -0.2) is 25.9 Å². The van der Waals surface area contributed by atoms with Crippen molar-refractivity contribution < 1.29 is 13.9 Å². The Bertz CT molecular complexity index is 389. The summed E-state index contributed by atoms with van der Waals surface area (Å²) in [6, 6.07) is 4.81. The maximum Gasteiger partial charge on any atom is 0.127 e. The molecule has 1 aromatic rings. The molecule has 0 saturated carbocycles. The monoisotopic (exact) mass is 253 g/mol. The lowest BCUT2D eigenvalue weighted by molar-refractivity contribution is 0.167. The molecule has 1 aliphatic rings. The van der Waals surface area contributed by atoms with Crippen LogP contribution in [-0.2, 0) is 11.2 Å². The first kappa shape index (κ1) is 13.3. The summed E-state index contributed by atoms with van der Waals surface area (Å²) in [6.45, 7) is 4.03. The molecule has 1 aliphatic heterocycles. The molecule has 0 bridgehead atoms. The zero-order valence-corrected chi connectivity index (χ0v) is 10.7. The highest BCUT2D eigenvalue weighted by atomic mass is 19.1. The summed E-state index contributed by atoms with van der Waals surface area (Å²) in [4.78, 5) is 0. The molecule has 2 rings (SSSR count). The summed E-state index contributed by atoms with van der Waals surface area (Å²) in [5.41, 5.74) is 6.60. The molecule has 2 N–H and O–H groups in total. The van der Waals surface area contributed by atoms with Crippen molar-refractivity contribution in [2.45, 2.75) is 25.8 Å². The zero-order chi connectivity index (χ0) is 13.0. The van der Waals surface area contributed by atoms with E-state index in [2.05, 4.69) is 0 Å². The Kier molecular flexibility index (Phi) is 4.55. The van der Waals surface area contributed by atoms with E-state index in [-0.39, 0.29) is 11.9 Å². The molecular weight excluding hydrogens is 233 g/mol. The third kappa shape index (κ3) is 3.96. The van der Waals surface area contributed by atoms with E-state index in [1.54, 1.807) is 0 Å². The van der Waals surface area contributed by atoms with Gasteiger partial charge >= 0.3 is 0 Å². The largest absolute Gasteiger partial charge is 0.493 e. The van der Waals surface area contributed by atoms with Crippen LogP contribution in [0.2, 0.25) is 0 Å². The molecule has 0 aliphatic carbocycles. The fourth-order valence-electron chi connectivity index (χ4n) is 2.12. The standard InChI is InChI=1S/C14H20FNO2/c1-10(16)4-12-5-13(15)7-14(6-12)18-9-11-2-3-17-8-11/h5-7,10-11H,2-4,8-9,16H2,1H3. The van der Waals surface area contributed by atoms with Gasteiger partial charge in [-0.2, -0.15) is 0 Å². The zero-order valence-electron chi connectivity index (χ0n) is 10.7. The number of benzene rings is 1. The number of halogens is 1. The molecule has 1 saturated heterocycles. The van der Waals surface area contributed by atoms with Crippen LogP contribution in [0.4, 0.5) is 4.39 Å². The van der Waals surface area contributed by atoms with Crippen molar-refractivity contribution in [1.82, 2.24) is 0 Å². The topological polar surface area (TPSA) is 44.5 Å². The smallest absolute Gasteiger partial charge is 0.127 e. The van der Waals surface area contributed by atoms with Crippen molar-refractivity contribution >= 4 is 0 Å². The summed E-state index contributed by atoms with van der Waals surface area (Å²) in [7, 11) is 0. The van der Waals surface area contributed by atoms with E-state index in [9.17, 15) is 4.39 Å². The maximum absolute atomic E-state index is 13.4. The lowest BCUT2D eigenvalue weighted by Crippen LogP contribution is -2.18. The van der Waals surface area contributed by atoms with E-state index in [4.69, 9.17) is 15.2 Å². The van der Waals surface area contributed by atoms with E-state index in [1.807, 2.05) is 13.0 Å². The minimum absolute atomic E-state index is 0.0166. The molecule has 18 heavy (non-hydrogen) atoms. The van der Waals surface area contributed by atoms with Crippen molar-refractivity contribution in [2.24, 2.45) is 11.7 Å². The Morgan fingerprint density at radius 1 is 1.50 bits per heavy atom. The van der Waals surface area contributed by atoms with Crippen LogP contribution in [0.3, 0.4) is 0 Å². The lowest BCUT2D eigenvalue weighted by atomic mass is 10.1. The van der Waals surface area contributed by atoms with Gasteiger partial charge in [0, 0.05) is 24.6 Å². The summed E-state index contributed by atoms with van der Waals surface area (Å²) in [5.74, 6) is 0.730. The average Bonchev–Trinajstić information content (AvgIpc) is 2.77. The second kappa shape index (κ2) is 6.16. The van der Waals surface area contributed by atoms with Gasteiger partial charge in [0.05, 0.1) is 13.2 Å². The Balaban J connectivity index is 1.96. The molecule has 0 radical (unpaired) electrons. The number of nitrogens with two attached hydrogens (primary N) is 1. The van der Waals surface area contributed by atoms with Gasteiger partial charge in [0.1, 0.15) is 11.6 Å². The maximum atomic E-state index is 13.4. The molecular formula is C14H20FNO2. The fourth-order valence-corrected chi connectivity index (χ4v) is 2.12. The predicted octanol–water partition coefficient (Wildman–Crippen LogP) is 2.13. The first-order chi connectivity index (χ1) is 8.63. The van der Waals surface area contributed by atoms with E-state index in [1.165, 1.54) is 12.1 Å². The van der Waals surface area contributed by atoms with Gasteiger partial charge in [-0.05, 0) is 37.5 Å². The van der Waals surface area contributed by atoms with Crippen LogP contribution in [0.1, 0.15) is 18.9 Å². The highest BCUT2D eigenvalue weighted by Crippen LogP contribution is 2.20. The Morgan fingerprint density at radius 3 is 3.00 bits per heavy atom. The minimum Gasteiger partial charge on any atom is -0.493 e.